The van der Waals surface area contributed by atoms with Crippen LogP contribution in [0.3, 0.4) is 0 Å². The second-order valence-corrected chi connectivity index (χ2v) is 2.72. The molecule has 1 amide bonds. The van der Waals surface area contributed by atoms with Crippen LogP contribution in [0.2, 0.25) is 0 Å². The molecule has 0 atom stereocenters. The average molecular weight is 192 g/mol. The van der Waals surface area contributed by atoms with Crippen LogP contribution < -0.4 is 5.32 Å². The first-order chi connectivity index (χ1) is 6.75. The Bertz CT molecular complexity index is 431. The Kier molecular flexibility index (Phi) is 1.98. The van der Waals surface area contributed by atoms with Crippen LogP contribution >= 0.6 is 0 Å². The smallest absolute Gasteiger partial charge is 0.278 e. The molecule has 2 rings (SSSR count). The molecule has 0 aliphatic carbocycles. The van der Waals surface area contributed by atoms with Gasteiger partial charge >= 0.3 is 0 Å². The van der Waals surface area contributed by atoms with Gasteiger partial charge in [-0.2, -0.15) is 15.2 Å². The van der Waals surface area contributed by atoms with Gasteiger partial charge in [-0.1, -0.05) is 0 Å². The van der Waals surface area contributed by atoms with Crippen LogP contribution in [0.5, 0.6) is 0 Å². The van der Waals surface area contributed by atoms with Crippen LogP contribution in [-0.2, 0) is 0 Å². The lowest BCUT2D eigenvalue weighted by Gasteiger charge is -1.95. The number of aryl methyl sites for hydroxylation is 1. The van der Waals surface area contributed by atoms with Crippen LogP contribution in [-0.4, -0.2) is 31.3 Å². The fraction of sp³-hybridized carbons (Fsp3) is 0.143. The number of aromatic amines is 2. The van der Waals surface area contributed by atoms with Gasteiger partial charge in [-0.05, 0) is 13.0 Å². The zero-order valence-corrected chi connectivity index (χ0v) is 7.40. The van der Waals surface area contributed by atoms with Crippen molar-refractivity contribution < 1.29 is 4.79 Å². The summed E-state index contributed by atoms with van der Waals surface area (Å²) in [5, 5.41) is 15.1. The zero-order valence-electron chi connectivity index (χ0n) is 7.40. The molecule has 0 aromatic carbocycles. The maximum absolute atomic E-state index is 11.4. The van der Waals surface area contributed by atoms with Gasteiger partial charge in [0.25, 0.3) is 5.91 Å². The summed E-state index contributed by atoms with van der Waals surface area (Å²) in [7, 11) is 0. The fourth-order valence-corrected chi connectivity index (χ4v) is 0.972. The van der Waals surface area contributed by atoms with E-state index in [-0.39, 0.29) is 5.91 Å². The maximum Gasteiger partial charge on any atom is 0.278 e. The minimum atomic E-state index is -0.328. The lowest BCUT2D eigenvalue weighted by Crippen LogP contribution is -2.13. The second kappa shape index (κ2) is 3.29. The largest absolute Gasteiger partial charge is 0.289 e. The van der Waals surface area contributed by atoms with E-state index in [0.717, 1.165) is 5.69 Å². The van der Waals surface area contributed by atoms with Gasteiger partial charge in [-0.3, -0.25) is 15.2 Å². The Morgan fingerprint density at radius 1 is 1.50 bits per heavy atom. The highest BCUT2D eigenvalue weighted by Gasteiger charge is 2.10. The third-order valence-electron chi connectivity index (χ3n) is 1.59. The maximum atomic E-state index is 11.4. The molecule has 7 nitrogen and oxygen atoms in total. The van der Waals surface area contributed by atoms with Crippen molar-refractivity contribution >= 4 is 11.9 Å². The van der Waals surface area contributed by atoms with Gasteiger partial charge in [0.2, 0.25) is 5.95 Å². The molecule has 0 radical (unpaired) electrons. The van der Waals surface area contributed by atoms with Gasteiger partial charge in [0, 0.05) is 5.69 Å². The highest BCUT2D eigenvalue weighted by atomic mass is 16.2. The van der Waals surface area contributed by atoms with Crippen molar-refractivity contribution in [1.82, 2.24) is 25.4 Å². The molecule has 0 fully saturated rings. The number of hydrogen-bond donors (Lipinski definition) is 3. The Morgan fingerprint density at radius 2 is 2.36 bits per heavy atom. The molecule has 3 N–H and O–H groups in total. The monoisotopic (exact) mass is 192 g/mol. The van der Waals surface area contributed by atoms with Crippen LogP contribution in [0.25, 0.3) is 0 Å². The van der Waals surface area contributed by atoms with Gasteiger partial charge in [-0.25, -0.2) is 5.10 Å². The Hall–Kier alpha value is -2.18. The molecule has 2 heterocycles. The van der Waals surface area contributed by atoms with Gasteiger partial charge in [-0.15, -0.1) is 0 Å². The van der Waals surface area contributed by atoms with E-state index in [1.807, 2.05) is 6.92 Å². The topological polar surface area (TPSA) is 99.3 Å². The summed E-state index contributed by atoms with van der Waals surface area (Å²) >= 11 is 0. The van der Waals surface area contributed by atoms with Crippen LogP contribution in [0.1, 0.15) is 16.2 Å². The Balaban J connectivity index is 2.10. The fourth-order valence-electron chi connectivity index (χ4n) is 0.972. The molecule has 2 aromatic rings. The molecular formula is C7H8N6O. The van der Waals surface area contributed by atoms with E-state index < -0.39 is 0 Å². The molecule has 0 aliphatic heterocycles. The molecular weight excluding hydrogens is 184 g/mol. The quantitative estimate of drug-likeness (QED) is 0.627. The van der Waals surface area contributed by atoms with Crippen molar-refractivity contribution in [2.24, 2.45) is 0 Å². The number of aromatic nitrogens is 5. The third kappa shape index (κ3) is 1.60. The number of carbonyl (C=O) groups is 1. The number of amides is 1. The van der Waals surface area contributed by atoms with E-state index in [9.17, 15) is 4.79 Å². The molecule has 7 heteroatoms. The van der Waals surface area contributed by atoms with Crippen molar-refractivity contribution in [2.45, 2.75) is 6.92 Å². The minimum Gasteiger partial charge on any atom is -0.289 e. The standard InChI is InChI=1S/C7H8N6O/c1-4-2-5(12-11-4)6(14)10-7-8-3-9-13-7/h2-3H,1H3,(H,11,12)(H2,8,9,10,13,14). The first kappa shape index (κ1) is 8.42. The molecule has 2 aromatic heterocycles. The van der Waals surface area contributed by atoms with Crippen molar-refractivity contribution in [3.8, 4) is 0 Å². The lowest BCUT2D eigenvalue weighted by atomic mass is 10.3. The molecule has 0 spiro atoms. The van der Waals surface area contributed by atoms with Crippen molar-refractivity contribution in [3.05, 3.63) is 23.8 Å². The average Bonchev–Trinajstić information content (AvgIpc) is 2.75. The molecule has 0 saturated carbocycles. The number of carbonyl (C=O) groups excluding carboxylic acids is 1. The lowest BCUT2D eigenvalue weighted by molar-refractivity contribution is 0.102. The van der Waals surface area contributed by atoms with Crippen LogP contribution in [0.15, 0.2) is 12.4 Å². The first-order valence-corrected chi connectivity index (χ1v) is 3.94. The van der Waals surface area contributed by atoms with E-state index in [0.29, 0.717) is 11.6 Å². The van der Waals surface area contributed by atoms with Gasteiger partial charge in [0.05, 0.1) is 0 Å². The normalized spacial score (nSPS) is 10.1. The summed E-state index contributed by atoms with van der Waals surface area (Å²) in [5.74, 6) is -0.0262. The number of rotatable bonds is 2. The SMILES string of the molecule is Cc1cc(C(=O)Nc2ncn[nH]2)n[nH]1. The van der Waals surface area contributed by atoms with Crippen molar-refractivity contribution in [2.75, 3.05) is 5.32 Å². The summed E-state index contributed by atoms with van der Waals surface area (Å²) in [6.45, 7) is 1.82. The number of anilines is 1. The minimum absolute atomic E-state index is 0.302. The molecule has 0 bridgehead atoms. The van der Waals surface area contributed by atoms with Gasteiger partial charge in [0.15, 0.2) is 5.69 Å². The molecule has 0 saturated heterocycles. The number of nitrogens with one attached hydrogen (secondary N) is 3. The summed E-state index contributed by atoms with van der Waals surface area (Å²) in [6, 6.07) is 1.64. The predicted molar refractivity (Wildman–Crippen MR) is 47.7 cm³/mol. The van der Waals surface area contributed by atoms with Crippen LogP contribution in [0, 0.1) is 6.92 Å². The number of H-pyrrole nitrogens is 2. The molecule has 72 valence electrons. The van der Waals surface area contributed by atoms with E-state index in [2.05, 4.69) is 30.7 Å². The highest BCUT2D eigenvalue weighted by molar-refractivity contribution is 6.01. The second-order valence-electron chi connectivity index (χ2n) is 2.72. The highest BCUT2D eigenvalue weighted by Crippen LogP contribution is 2.01. The van der Waals surface area contributed by atoms with Crippen molar-refractivity contribution in [1.29, 1.82) is 0 Å². The van der Waals surface area contributed by atoms with E-state index in [4.69, 9.17) is 0 Å². The van der Waals surface area contributed by atoms with E-state index in [1.165, 1.54) is 6.33 Å². The molecule has 14 heavy (non-hydrogen) atoms. The Morgan fingerprint density at radius 3 is 2.93 bits per heavy atom. The zero-order chi connectivity index (χ0) is 9.97. The van der Waals surface area contributed by atoms with Crippen LogP contribution in [0.4, 0.5) is 5.95 Å². The summed E-state index contributed by atoms with van der Waals surface area (Å²) < 4.78 is 0. The number of hydrogen-bond acceptors (Lipinski definition) is 4. The summed E-state index contributed by atoms with van der Waals surface area (Å²) in [5.41, 5.74) is 1.15. The molecule has 0 aliphatic rings. The summed E-state index contributed by atoms with van der Waals surface area (Å²) in [4.78, 5) is 15.2. The van der Waals surface area contributed by atoms with Gasteiger partial charge in [0.1, 0.15) is 6.33 Å². The van der Waals surface area contributed by atoms with E-state index in [1.54, 1.807) is 6.07 Å². The Labute approximate surface area is 78.9 Å². The summed E-state index contributed by atoms with van der Waals surface area (Å²) in [6.07, 6.45) is 1.31. The van der Waals surface area contributed by atoms with Crippen molar-refractivity contribution in [3.63, 3.8) is 0 Å². The predicted octanol–water partition coefficient (Wildman–Crippen LogP) is 0.0885. The van der Waals surface area contributed by atoms with Gasteiger partial charge < -0.3 is 0 Å². The van der Waals surface area contributed by atoms with E-state index >= 15 is 0 Å². The number of nitrogens with zero attached hydrogens (tertiary/aromatic N) is 3. The third-order valence-corrected chi connectivity index (χ3v) is 1.59. The molecule has 0 unspecified atom stereocenters. The first-order valence-electron chi connectivity index (χ1n) is 3.94.